The number of amides is 2. The summed E-state index contributed by atoms with van der Waals surface area (Å²) in [6, 6.07) is -0.176. The van der Waals surface area contributed by atoms with E-state index in [4.69, 9.17) is 4.74 Å². The number of urea groups is 1. The number of aliphatic carboxylic acids is 1. The third-order valence-electron chi connectivity index (χ3n) is 4.73. The lowest BCUT2D eigenvalue weighted by Crippen LogP contribution is -2.55. The van der Waals surface area contributed by atoms with Crippen LogP contribution in [0.2, 0.25) is 0 Å². The molecule has 0 aromatic heterocycles. The molecule has 114 valence electrons. The van der Waals surface area contributed by atoms with Crippen LogP contribution in [-0.4, -0.2) is 53.3 Å². The van der Waals surface area contributed by atoms with E-state index in [1.165, 1.54) is 0 Å². The maximum Gasteiger partial charge on any atom is 0.318 e. The van der Waals surface area contributed by atoms with Crippen LogP contribution in [0.1, 0.15) is 40.0 Å². The standard InChI is InChI=1S/C14H24N2O4/c1-4-10-6-5-9(2)16(10)13(19)15-11-7-20-8-14(11,3)12(17)18/h9-11H,4-8H2,1-3H3,(H,15,19)(H,17,18). The van der Waals surface area contributed by atoms with Crippen LogP contribution in [0, 0.1) is 5.41 Å². The molecule has 4 atom stereocenters. The number of rotatable bonds is 3. The molecule has 2 aliphatic heterocycles. The summed E-state index contributed by atoms with van der Waals surface area (Å²) in [6.07, 6.45) is 2.95. The van der Waals surface area contributed by atoms with Gasteiger partial charge in [-0.05, 0) is 33.1 Å². The third kappa shape index (κ3) is 2.49. The zero-order valence-electron chi connectivity index (χ0n) is 12.4. The Morgan fingerprint density at radius 2 is 2.15 bits per heavy atom. The second kappa shape index (κ2) is 5.60. The normalized spacial score (nSPS) is 37.1. The summed E-state index contributed by atoms with van der Waals surface area (Å²) < 4.78 is 5.26. The summed E-state index contributed by atoms with van der Waals surface area (Å²) in [5, 5.41) is 12.2. The molecule has 0 aliphatic carbocycles. The first kappa shape index (κ1) is 15.1. The molecule has 6 heteroatoms. The van der Waals surface area contributed by atoms with Crippen LogP contribution < -0.4 is 5.32 Å². The number of ether oxygens (including phenoxy) is 1. The van der Waals surface area contributed by atoms with Crippen molar-refractivity contribution in [3.05, 3.63) is 0 Å². The molecule has 4 unspecified atom stereocenters. The van der Waals surface area contributed by atoms with Crippen LogP contribution in [0.4, 0.5) is 4.79 Å². The number of hydrogen-bond donors (Lipinski definition) is 2. The molecular weight excluding hydrogens is 260 g/mol. The fourth-order valence-corrected chi connectivity index (χ4v) is 3.15. The van der Waals surface area contributed by atoms with Crippen LogP contribution in [0.5, 0.6) is 0 Å². The molecule has 20 heavy (non-hydrogen) atoms. The minimum absolute atomic E-state index is 0.139. The van der Waals surface area contributed by atoms with Gasteiger partial charge in [-0.3, -0.25) is 4.79 Å². The van der Waals surface area contributed by atoms with Gasteiger partial charge >= 0.3 is 12.0 Å². The highest BCUT2D eigenvalue weighted by Crippen LogP contribution is 2.30. The number of likely N-dealkylation sites (tertiary alicyclic amines) is 1. The number of hydrogen-bond acceptors (Lipinski definition) is 3. The molecule has 2 fully saturated rings. The van der Waals surface area contributed by atoms with Crippen molar-refractivity contribution >= 4 is 12.0 Å². The van der Waals surface area contributed by atoms with Gasteiger partial charge in [-0.1, -0.05) is 6.92 Å². The second-order valence-electron chi connectivity index (χ2n) is 6.14. The molecule has 2 saturated heterocycles. The first-order chi connectivity index (χ1) is 9.40. The maximum absolute atomic E-state index is 12.5. The van der Waals surface area contributed by atoms with Gasteiger partial charge in [0.2, 0.25) is 0 Å². The lowest BCUT2D eigenvalue weighted by atomic mass is 9.85. The minimum atomic E-state index is -1.04. The lowest BCUT2D eigenvalue weighted by Gasteiger charge is -2.32. The Morgan fingerprint density at radius 1 is 1.45 bits per heavy atom. The van der Waals surface area contributed by atoms with Crippen LogP contribution >= 0.6 is 0 Å². The molecule has 2 amide bonds. The number of nitrogens with zero attached hydrogens (tertiary/aromatic N) is 1. The Labute approximate surface area is 119 Å². The predicted octanol–water partition coefficient (Wildman–Crippen LogP) is 1.45. The summed E-state index contributed by atoms with van der Waals surface area (Å²) in [6.45, 7) is 6.13. The third-order valence-corrected chi connectivity index (χ3v) is 4.73. The Kier molecular flexibility index (Phi) is 4.22. The van der Waals surface area contributed by atoms with E-state index in [0.717, 1.165) is 19.3 Å². The zero-order valence-corrected chi connectivity index (χ0v) is 12.4. The number of carbonyl (C=O) groups excluding carboxylic acids is 1. The van der Waals surface area contributed by atoms with Crippen molar-refractivity contribution < 1.29 is 19.4 Å². The second-order valence-corrected chi connectivity index (χ2v) is 6.14. The van der Waals surface area contributed by atoms with Gasteiger partial charge in [0, 0.05) is 12.1 Å². The lowest BCUT2D eigenvalue weighted by molar-refractivity contribution is -0.148. The smallest absolute Gasteiger partial charge is 0.318 e. The molecule has 6 nitrogen and oxygen atoms in total. The summed E-state index contributed by atoms with van der Waals surface area (Å²) >= 11 is 0. The van der Waals surface area contributed by atoms with Crippen molar-refractivity contribution in [2.24, 2.45) is 5.41 Å². The molecule has 0 aromatic rings. The van der Waals surface area contributed by atoms with Crippen molar-refractivity contribution in [3.63, 3.8) is 0 Å². The molecule has 2 rings (SSSR count). The Bertz CT molecular complexity index is 401. The Morgan fingerprint density at radius 3 is 2.75 bits per heavy atom. The zero-order chi connectivity index (χ0) is 14.9. The van der Waals surface area contributed by atoms with E-state index in [1.54, 1.807) is 6.92 Å². The molecule has 2 aliphatic rings. The molecule has 2 N–H and O–H groups in total. The maximum atomic E-state index is 12.5. The summed E-state index contributed by atoms with van der Waals surface area (Å²) in [5.74, 6) is -0.929. The van der Waals surface area contributed by atoms with Crippen molar-refractivity contribution in [1.82, 2.24) is 10.2 Å². The monoisotopic (exact) mass is 284 g/mol. The van der Waals surface area contributed by atoms with Gasteiger partial charge in [-0.15, -0.1) is 0 Å². The predicted molar refractivity (Wildman–Crippen MR) is 73.5 cm³/mol. The molecule has 0 saturated carbocycles. The molecule has 0 bridgehead atoms. The Balaban J connectivity index is 2.06. The Hall–Kier alpha value is -1.30. The van der Waals surface area contributed by atoms with Crippen LogP contribution in [-0.2, 0) is 9.53 Å². The molecular formula is C14H24N2O4. The van der Waals surface area contributed by atoms with Gasteiger partial charge in [-0.2, -0.15) is 0 Å². The first-order valence-corrected chi connectivity index (χ1v) is 7.30. The molecule has 0 aromatic carbocycles. The number of carboxylic acid groups (broad SMARTS) is 1. The van der Waals surface area contributed by atoms with E-state index in [-0.39, 0.29) is 31.3 Å². The number of nitrogens with one attached hydrogen (secondary N) is 1. The molecule has 0 radical (unpaired) electrons. The summed E-state index contributed by atoms with van der Waals surface area (Å²) in [5.41, 5.74) is -1.04. The highest BCUT2D eigenvalue weighted by atomic mass is 16.5. The summed E-state index contributed by atoms with van der Waals surface area (Å²) in [7, 11) is 0. The topological polar surface area (TPSA) is 78.9 Å². The molecule has 2 heterocycles. The van der Waals surface area contributed by atoms with E-state index in [1.807, 2.05) is 11.8 Å². The highest BCUT2D eigenvalue weighted by molar-refractivity contribution is 5.80. The van der Waals surface area contributed by atoms with Crippen molar-refractivity contribution in [2.75, 3.05) is 13.2 Å². The minimum Gasteiger partial charge on any atom is -0.481 e. The number of carbonyl (C=O) groups is 2. The van der Waals surface area contributed by atoms with Gasteiger partial charge in [0.25, 0.3) is 0 Å². The largest absolute Gasteiger partial charge is 0.481 e. The van der Waals surface area contributed by atoms with Gasteiger partial charge in [0.15, 0.2) is 0 Å². The van der Waals surface area contributed by atoms with Crippen LogP contribution in [0.3, 0.4) is 0 Å². The van der Waals surface area contributed by atoms with E-state index in [9.17, 15) is 14.7 Å². The quantitative estimate of drug-likeness (QED) is 0.822. The fourth-order valence-electron chi connectivity index (χ4n) is 3.15. The first-order valence-electron chi connectivity index (χ1n) is 7.30. The molecule has 0 spiro atoms. The van der Waals surface area contributed by atoms with E-state index >= 15 is 0 Å². The van der Waals surface area contributed by atoms with Crippen LogP contribution in [0.15, 0.2) is 0 Å². The van der Waals surface area contributed by atoms with Gasteiger partial charge in [0.05, 0.1) is 19.3 Å². The van der Waals surface area contributed by atoms with Crippen LogP contribution in [0.25, 0.3) is 0 Å². The number of carboxylic acids is 1. The SMILES string of the molecule is CCC1CCC(C)N1C(=O)NC1COCC1(C)C(=O)O. The fraction of sp³-hybridized carbons (Fsp3) is 0.857. The highest BCUT2D eigenvalue weighted by Gasteiger charge is 2.48. The average Bonchev–Trinajstić information content (AvgIpc) is 2.94. The average molecular weight is 284 g/mol. The van der Waals surface area contributed by atoms with Crippen molar-refractivity contribution in [1.29, 1.82) is 0 Å². The van der Waals surface area contributed by atoms with Crippen molar-refractivity contribution in [2.45, 2.75) is 58.2 Å². The van der Waals surface area contributed by atoms with E-state index < -0.39 is 17.4 Å². The van der Waals surface area contributed by atoms with E-state index in [2.05, 4.69) is 12.2 Å². The van der Waals surface area contributed by atoms with Gasteiger partial charge in [-0.25, -0.2) is 4.79 Å². The van der Waals surface area contributed by atoms with Gasteiger partial charge < -0.3 is 20.1 Å². The summed E-state index contributed by atoms with van der Waals surface area (Å²) in [4.78, 5) is 25.7. The van der Waals surface area contributed by atoms with E-state index in [0.29, 0.717) is 0 Å². The van der Waals surface area contributed by atoms with Crippen molar-refractivity contribution in [3.8, 4) is 0 Å². The van der Waals surface area contributed by atoms with Gasteiger partial charge in [0.1, 0.15) is 5.41 Å².